The van der Waals surface area contributed by atoms with E-state index in [0.717, 1.165) is 5.69 Å². The first-order valence-electron chi connectivity index (χ1n) is 3.50. The molecule has 0 saturated carbocycles. The molecular weight excluding hydrogens is 346 g/mol. The predicted molar refractivity (Wildman–Crippen MR) is 47.2 cm³/mol. The van der Waals surface area contributed by atoms with E-state index in [1.54, 1.807) is 11.3 Å². The van der Waals surface area contributed by atoms with Crippen molar-refractivity contribution in [3.05, 3.63) is 35.8 Å². The molecule has 0 aromatic carbocycles. The van der Waals surface area contributed by atoms with Crippen molar-refractivity contribution in [3.8, 4) is 10.6 Å². The van der Waals surface area contributed by atoms with Crippen molar-refractivity contribution in [2.45, 2.75) is 0 Å². The van der Waals surface area contributed by atoms with Crippen LogP contribution in [0.2, 0.25) is 0 Å². The zero-order valence-corrected chi connectivity index (χ0v) is 9.36. The van der Waals surface area contributed by atoms with Crippen molar-refractivity contribution >= 4 is 15.4 Å². The molecule has 2 rings (SSSR count). The first-order valence-corrected chi connectivity index (χ1v) is 5.58. The average molecular weight is 352 g/mol. The van der Waals surface area contributed by atoms with Crippen molar-refractivity contribution < 1.29 is 18.9 Å². The van der Waals surface area contributed by atoms with Gasteiger partial charge in [-0.1, -0.05) is 0 Å². The maximum absolute atomic E-state index is 4.33. The fourth-order valence-corrected chi connectivity index (χ4v) is 2.61. The fourth-order valence-electron chi connectivity index (χ4n) is 0.968. The summed E-state index contributed by atoms with van der Waals surface area (Å²) >= 11 is 3.81. The molecule has 0 amide bonds. The molecule has 0 N–H and O–H groups in total. The van der Waals surface area contributed by atoms with E-state index in [-0.39, 0.29) is 0 Å². The topological polar surface area (TPSA) is 12.9 Å². The summed E-state index contributed by atoms with van der Waals surface area (Å²) in [6, 6.07) is 8.20. The molecule has 0 aliphatic heterocycles. The summed E-state index contributed by atoms with van der Waals surface area (Å²) in [6.45, 7) is 0. The van der Waals surface area contributed by atoms with Gasteiger partial charge in [0, 0.05) is 0 Å². The van der Waals surface area contributed by atoms with E-state index in [4.69, 9.17) is 0 Å². The van der Waals surface area contributed by atoms with E-state index >= 15 is 0 Å². The van der Waals surface area contributed by atoms with E-state index in [1.807, 2.05) is 18.3 Å². The molecule has 2 aromatic rings. The second-order valence-corrected chi connectivity index (χ2v) is 4.52. The molecule has 0 aliphatic rings. The van der Waals surface area contributed by atoms with Gasteiger partial charge in [0.1, 0.15) is 0 Å². The van der Waals surface area contributed by atoms with Crippen LogP contribution in [0.4, 0.5) is 0 Å². The van der Waals surface area contributed by atoms with Gasteiger partial charge in [0.05, 0.1) is 0 Å². The maximum atomic E-state index is 4.33. The molecule has 3 heteroatoms. The van der Waals surface area contributed by atoms with Gasteiger partial charge in [0.2, 0.25) is 0 Å². The molecule has 1 nitrogen and oxygen atoms in total. The molecule has 0 fully saturated rings. The molecule has 0 atom stereocenters. The molecule has 0 unspecified atom stereocenters. The van der Waals surface area contributed by atoms with Crippen LogP contribution in [0.15, 0.2) is 35.8 Å². The summed E-state index contributed by atoms with van der Waals surface area (Å²) < 4.78 is 1.24. The Hall–Kier alpha value is -0.501. The van der Waals surface area contributed by atoms with Crippen molar-refractivity contribution in [2.24, 2.45) is 0 Å². The summed E-state index contributed by atoms with van der Waals surface area (Å²) in [5.41, 5.74) is 1.10. The van der Waals surface area contributed by atoms with Crippen LogP contribution in [0.5, 0.6) is 0 Å². The number of hydrogen-bond donors (Lipinski definition) is 0. The van der Waals surface area contributed by atoms with Crippen LogP contribution in [-0.4, -0.2) is 4.98 Å². The van der Waals surface area contributed by atoms with Gasteiger partial charge in [-0.05, 0) is 0 Å². The third-order valence-corrected chi connectivity index (χ3v) is 3.34. The van der Waals surface area contributed by atoms with Gasteiger partial charge < -0.3 is 0 Å². The van der Waals surface area contributed by atoms with Gasteiger partial charge in [-0.15, -0.1) is 0 Å². The predicted octanol–water partition coefficient (Wildman–Crippen LogP) is 1.98. The summed E-state index contributed by atoms with van der Waals surface area (Å²) in [5, 5.41) is 2.07. The normalized spacial score (nSPS) is 10.2. The quantitative estimate of drug-likeness (QED) is 0.765. The molecule has 12 heavy (non-hydrogen) atoms. The van der Waals surface area contributed by atoms with Gasteiger partial charge in [-0.25, -0.2) is 0 Å². The van der Waals surface area contributed by atoms with Crippen LogP contribution in [0.3, 0.4) is 0 Å². The number of rotatable bonds is 1. The zero-order chi connectivity index (χ0) is 8.39. The second-order valence-electron chi connectivity index (χ2n) is 2.29. The Morgan fingerprint density at radius 3 is 2.83 bits per heavy atom. The van der Waals surface area contributed by atoms with Gasteiger partial charge in [-0.3, -0.25) is 0 Å². The number of hydrogen-bond acceptors (Lipinski definition) is 2. The molecular formula is C9H6IrNS. The minimum absolute atomic E-state index is 1.10. The Labute approximate surface area is 85.6 Å². The van der Waals surface area contributed by atoms with Gasteiger partial charge in [-0.2, -0.15) is 0 Å². The average Bonchev–Trinajstić information content (AvgIpc) is 2.57. The van der Waals surface area contributed by atoms with Gasteiger partial charge in [0.15, 0.2) is 0 Å². The molecule has 0 radical (unpaired) electrons. The van der Waals surface area contributed by atoms with Crippen molar-refractivity contribution in [3.63, 3.8) is 0 Å². The standard InChI is InChI=1S/C9H6NS.Ir/c1-2-6-10-8(4-1)9-5-3-7-11-9;/h1-3,5-7H;. The van der Waals surface area contributed by atoms with E-state index in [2.05, 4.69) is 41.4 Å². The molecule has 2 heterocycles. The van der Waals surface area contributed by atoms with E-state index < -0.39 is 0 Å². The van der Waals surface area contributed by atoms with Crippen LogP contribution >= 0.6 is 11.3 Å². The van der Waals surface area contributed by atoms with Crippen LogP contribution in [0, 0.1) is 0 Å². The second kappa shape index (κ2) is 3.48. The van der Waals surface area contributed by atoms with Crippen molar-refractivity contribution in [2.75, 3.05) is 0 Å². The summed E-state index contributed by atoms with van der Waals surface area (Å²) in [4.78, 5) is 5.57. The van der Waals surface area contributed by atoms with E-state index in [9.17, 15) is 0 Å². The molecule has 2 aromatic heterocycles. The molecule has 62 valence electrons. The zero-order valence-electron chi connectivity index (χ0n) is 6.15. The number of nitrogens with zero attached hydrogens (tertiary/aromatic N) is 1. The molecule has 0 spiro atoms. The van der Waals surface area contributed by atoms with Crippen LogP contribution in [-0.2, 0) is 18.9 Å². The third-order valence-electron chi connectivity index (χ3n) is 1.50. The van der Waals surface area contributed by atoms with Crippen molar-refractivity contribution in [1.82, 2.24) is 4.98 Å². The summed E-state index contributed by atoms with van der Waals surface area (Å²) in [7, 11) is 0. The first-order chi connectivity index (χ1) is 5.88. The van der Waals surface area contributed by atoms with Crippen LogP contribution in [0.25, 0.3) is 10.6 Å². The fraction of sp³-hybridized carbons (Fsp3) is 0. The molecule has 0 bridgehead atoms. The number of thiophene rings is 1. The Morgan fingerprint density at radius 1 is 1.25 bits per heavy atom. The number of aromatic nitrogens is 1. The Morgan fingerprint density at radius 2 is 2.17 bits per heavy atom. The summed E-state index contributed by atoms with van der Waals surface area (Å²) in [6.07, 6.45) is 1.84. The Bertz CT molecular complexity index is 370. The van der Waals surface area contributed by atoms with E-state index in [0.29, 0.717) is 0 Å². The van der Waals surface area contributed by atoms with E-state index in [1.165, 1.54) is 8.95 Å². The monoisotopic (exact) mass is 353 g/mol. The summed E-state index contributed by atoms with van der Waals surface area (Å²) in [5.74, 6) is 0. The molecule has 0 aliphatic carbocycles. The first kappa shape index (κ1) is 8.11. The third kappa shape index (κ3) is 1.48. The van der Waals surface area contributed by atoms with Crippen molar-refractivity contribution in [1.29, 1.82) is 0 Å². The minimum atomic E-state index is 1.10. The van der Waals surface area contributed by atoms with Gasteiger partial charge in [0.25, 0.3) is 0 Å². The number of pyridine rings is 1. The Kier molecular flexibility index (Phi) is 2.35. The van der Waals surface area contributed by atoms with Crippen LogP contribution in [0.1, 0.15) is 0 Å². The van der Waals surface area contributed by atoms with Crippen LogP contribution < -0.4 is 4.08 Å². The Balaban J connectivity index is 2.55. The SMILES string of the molecule is [Ir][c]1cccnc1-c1cccs1. The van der Waals surface area contributed by atoms with Gasteiger partial charge >= 0.3 is 85.7 Å². The molecule has 0 saturated heterocycles.